The Morgan fingerprint density at radius 1 is 0.880 bits per heavy atom. The molecule has 0 atom stereocenters. The van der Waals surface area contributed by atoms with Gasteiger partial charge in [0.25, 0.3) is 0 Å². The Hall–Kier alpha value is -3.07. The summed E-state index contributed by atoms with van der Waals surface area (Å²) in [4.78, 5) is 4.48. The Balaban J connectivity index is 0.000000880. The lowest BCUT2D eigenvalue weighted by Crippen LogP contribution is -2.04. The molecule has 3 nitrogen and oxygen atoms in total. The number of pyridine rings is 1. The van der Waals surface area contributed by atoms with Gasteiger partial charge >= 0.3 is 0 Å². The van der Waals surface area contributed by atoms with Crippen molar-refractivity contribution in [1.82, 2.24) is 4.98 Å². The molecule has 3 aromatic carbocycles. The van der Waals surface area contributed by atoms with Crippen molar-refractivity contribution in [3.05, 3.63) is 78.5 Å². The van der Waals surface area contributed by atoms with E-state index in [0.29, 0.717) is 5.69 Å². The molecule has 4 aromatic rings. The molecule has 3 N–H and O–H groups in total. The molecular formula is C22H23N3. The molecule has 126 valence electrons. The van der Waals surface area contributed by atoms with E-state index in [1.54, 1.807) is 6.20 Å². The lowest BCUT2D eigenvalue weighted by molar-refractivity contribution is 1.15. The number of aromatic nitrogens is 1. The Bertz CT molecular complexity index is 978. The van der Waals surface area contributed by atoms with Crippen molar-refractivity contribution in [2.45, 2.75) is 20.4 Å². The molecule has 25 heavy (non-hydrogen) atoms. The first-order valence-electron chi connectivity index (χ1n) is 8.66. The predicted molar refractivity (Wildman–Crippen MR) is 109 cm³/mol. The summed E-state index contributed by atoms with van der Waals surface area (Å²) in [5.41, 5.74) is 9.96. The standard InChI is InChI=1S/C20H17N3.C2H6/c21-18-13-22-19-11-16-9-5-4-8-15(16)10-17(19)20(18)23-12-14-6-2-1-3-7-14;1-2/h1-11,13H,12,21H2,(H,22,23);1-2H3. The van der Waals surface area contributed by atoms with Crippen LogP contribution in [-0.2, 0) is 6.54 Å². The fraction of sp³-hybridized carbons (Fsp3) is 0.136. The number of fused-ring (bicyclic) bond motifs is 2. The van der Waals surface area contributed by atoms with Crippen LogP contribution >= 0.6 is 0 Å². The van der Waals surface area contributed by atoms with Crippen LogP contribution in [0.15, 0.2) is 72.9 Å². The van der Waals surface area contributed by atoms with Crippen molar-refractivity contribution in [2.24, 2.45) is 0 Å². The molecule has 0 aliphatic carbocycles. The van der Waals surface area contributed by atoms with Crippen molar-refractivity contribution in [1.29, 1.82) is 0 Å². The summed E-state index contributed by atoms with van der Waals surface area (Å²) in [7, 11) is 0. The number of anilines is 2. The van der Waals surface area contributed by atoms with Crippen molar-refractivity contribution < 1.29 is 0 Å². The van der Waals surface area contributed by atoms with Crippen molar-refractivity contribution >= 4 is 33.1 Å². The fourth-order valence-corrected chi connectivity index (χ4v) is 2.88. The third-order valence-corrected chi connectivity index (χ3v) is 4.08. The molecule has 0 fully saturated rings. The molecule has 0 radical (unpaired) electrons. The Labute approximate surface area is 148 Å². The van der Waals surface area contributed by atoms with E-state index in [0.717, 1.165) is 23.1 Å². The molecule has 0 aliphatic heterocycles. The monoisotopic (exact) mass is 329 g/mol. The summed E-state index contributed by atoms with van der Waals surface area (Å²) >= 11 is 0. The number of nitrogen functional groups attached to an aromatic ring is 1. The van der Waals surface area contributed by atoms with Crippen LogP contribution in [0.2, 0.25) is 0 Å². The van der Waals surface area contributed by atoms with Gasteiger partial charge in [0.15, 0.2) is 0 Å². The SMILES string of the molecule is CC.Nc1cnc2cc3ccccc3cc2c1NCc1ccccc1. The van der Waals surface area contributed by atoms with E-state index in [2.05, 4.69) is 46.7 Å². The molecule has 3 heteroatoms. The predicted octanol–water partition coefficient (Wildman–Crippen LogP) is 5.61. The number of nitrogens with zero attached hydrogens (tertiary/aromatic N) is 1. The van der Waals surface area contributed by atoms with Gasteiger partial charge in [-0.15, -0.1) is 0 Å². The van der Waals surface area contributed by atoms with Crippen LogP contribution in [-0.4, -0.2) is 4.98 Å². The maximum absolute atomic E-state index is 6.17. The molecule has 1 aromatic heterocycles. The highest BCUT2D eigenvalue weighted by Gasteiger charge is 2.08. The largest absolute Gasteiger partial charge is 0.396 e. The zero-order chi connectivity index (χ0) is 17.6. The van der Waals surface area contributed by atoms with E-state index in [1.807, 2.05) is 44.2 Å². The molecular weight excluding hydrogens is 306 g/mol. The first kappa shape index (κ1) is 16.8. The highest BCUT2D eigenvalue weighted by molar-refractivity contribution is 6.04. The number of nitrogens with one attached hydrogen (secondary N) is 1. The normalized spacial score (nSPS) is 10.3. The number of hydrogen-bond donors (Lipinski definition) is 2. The third kappa shape index (κ3) is 3.56. The molecule has 0 saturated heterocycles. The average Bonchev–Trinajstić information content (AvgIpc) is 2.68. The summed E-state index contributed by atoms with van der Waals surface area (Å²) in [5, 5.41) is 6.90. The van der Waals surface area contributed by atoms with Gasteiger partial charge in [-0.25, -0.2) is 0 Å². The minimum absolute atomic E-state index is 0.670. The van der Waals surface area contributed by atoms with Gasteiger partial charge in [0.2, 0.25) is 0 Å². The highest BCUT2D eigenvalue weighted by atomic mass is 14.9. The Kier molecular flexibility index (Phi) is 5.14. The summed E-state index contributed by atoms with van der Waals surface area (Å²) in [6.45, 7) is 4.73. The molecule has 4 rings (SSSR count). The van der Waals surface area contributed by atoms with E-state index in [1.165, 1.54) is 16.3 Å². The molecule has 0 aliphatic rings. The van der Waals surface area contributed by atoms with Gasteiger partial charge in [-0.2, -0.15) is 0 Å². The smallest absolute Gasteiger partial charge is 0.0743 e. The molecule has 0 bridgehead atoms. The van der Waals surface area contributed by atoms with Gasteiger partial charge in [-0.3, -0.25) is 4.98 Å². The maximum Gasteiger partial charge on any atom is 0.0743 e. The topological polar surface area (TPSA) is 50.9 Å². The molecule has 0 spiro atoms. The number of nitrogens with two attached hydrogens (primary N) is 1. The molecule has 0 unspecified atom stereocenters. The first-order chi connectivity index (χ1) is 12.3. The summed E-state index contributed by atoms with van der Waals surface area (Å²) < 4.78 is 0. The van der Waals surface area contributed by atoms with Crippen LogP contribution in [0.1, 0.15) is 19.4 Å². The zero-order valence-corrected chi connectivity index (χ0v) is 14.7. The van der Waals surface area contributed by atoms with E-state index in [-0.39, 0.29) is 0 Å². The number of rotatable bonds is 3. The minimum atomic E-state index is 0.670. The van der Waals surface area contributed by atoms with Crippen LogP contribution in [0.5, 0.6) is 0 Å². The second-order valence-corrected chi connectivity index (χ2v) is 5.64. The van der Waals surface area contributed by atoms with Gasteiger partial charge in [0, 0.05) is 11.9 Å². The zero-order valence-electron chi connectivity index (χ0n) is 14.7. The summed E-state index contributed by atoms with van der Waals surface area (Å²) in [6.07, 6.45) is 1.73. The van der Waals surface area contributed by atoms with Gasteiger partial charge in [0.05, 0.1) is 23.1 Å². The lowest BCUT2D eigenvalue weighted by Gasteiger charge is -2.13. The second-order valence-electron chi connectivity index (χ2n) is 5.64. The number of hydrogen-bond acceptors (Lipinski definition) is 3. The van der Waals surface area contributed by atoms with E-state index in [4.69, 9.17) is 5.73 Å². The quantitative estimate of drug-likeness (QED) is 0.480. The van der Waals surface area contributed by atoms with Crippen LogP contribution in [0, 0.1) is 0 Å². The van der Waals surface area contributed by atoms with Crippen LogP contribution in [0.4, 0.5) is 11.4 Å². The first-order valence-corrected chi connectivity index (χ1v) is 8.66. The Morgan fingerprint density at radius 3 is 2.24 bits per heavy atom. The Morgan fingerprint density at radius 2 is 1.52 bits per heavy atom. The van der Waals surface area contributed by atoms with Crippen molar-refractivity contribution in [3.8, 4) is 0 Å². The maximum atomic E-state index is 6.17. The van der Waals surface area contributed by atoms with Gasteiger partial charge < -0.3 is 11.1 Å². The second kappa shape index (κ2) is 7.67. The average molecular weight is 329 g/mol. The van der Waals surface area contributed by atoms with E-state index >= 15 is 0 Å². The highest BCUT2D eigenvalue weighted by Crippen LogP contribution is 2.31. The summed E-state index contributed by atoms with van der Waals surface area (Å²) in [5.74, 6) is 0. The van der Waals surface area contributed by atoms with Crippen LogP contribution in [0.3, 0.4) is 0 Å². The van der Waals surface area contributed by atoms with Crippen LogP contribution < -0.4 is 11.1 Å². The fourth-order valence-electron chi connectivity index (χ4n) is 2.88. The van der Waals surface area contributed by atoms with E-state index in [9.17, 15) is 0 Å². The number of benzene rings is 3. The third-order valence-electron chi connectivity index (χ3n) is 4.08. The molecule has 1 heterocycles. The van der Waals surface area contributed by atoms with E-state index < -0.39 is 0 Å². The van der Waals surface area contributed by atoms with Crippen LogP contribution in [0.25, 0.3) is 21.7 Å². The lowest BCUT2D eigenvalue weighted by atomic mass is 10.1. The van der Waals surface area contributed by atoms with Crippen molar-refractivity contribution in [2.75, 3.05) is 11.1 Å². The summed E-state index contributed by atoms with van der Waals surface area (Å²) in [6, 6.07) is 22.9. The minimum Gasteiger partial charge on any atom is -0.396 e. The van der Waals surface area contributed by atoms with Gasteiger partial charge in [-0.1, -0.05) is 68.4 Å². The molecule has 0 amide bonds. The molecule has 0 saturated carbocycles. The van der Waals surface area contributed by atoms with Crippen molar-refractivity contribution in [3.63, 3.8) is 0 Å². The van der Waals surface area contributed by atoms with Gasteiger partial charge in [0.1, 0.15) is 0 Å². The van der Waals surface area contributed by atoms with Gasteiger partial charge in [-0.05, 0) is 28.5 Å².